The molecule has 2 bridgehead atoms. The Morgan fingerprint density at radius 1 is 1.32 bits per heavy atom. The lowest BCUT2D eigenvalue weighted by molar-refractivity contribution is -0.524. The molecule has 25 heavy (non-hydrogen) atoms. The number of ketones is 1. The van der Waals surface area contributed by atoms with Crippen LogP contribution in [0.15, 0.2) is 0 Å². The van der Waals surface area contributed by atoms with Gasteiger partial charge in [-0.1, -0.05) is 32.6 Å². The summed E-state index contributed by atoms with van der Waals surface area (Å²) in [6.07, 6.45) is 8.48. The number of rotatable bonds is 11. The highest BCUT2D eigenvalue weighted by atomic mass is 16.6. The molecule has 2 saturated heterocycles. The predicted molar refractivity (Wildman–Crippen MR) is 92.6 cm³/mol. The maximum absolute atomic E-state index is 12.5. The van der Waals surface area contributed by atoms with Gasteiger partial charge in [-0.2, -0.15) is 5.26 Å². The van der Waals surface area contributed by atoms with Gasteiger partial charge in [0.05, 0.1) is 18.1 Å². The first-order valence-electron chi connectivity index (χ1n) is 9.45. The molecule has 4 atom stereocenters. The Hall–Kier alpha value is -1.48. The van der Waals surface area contributed by atoms with Crippen LogP contribution >= 0.6 is 0 Å². The van der Waals surface area contributed by atoms with E-state index in [-0.39, 0.29) is 41.5 Å². The lowest BCUT2D eigenvalue weighted by atomic mass is 9.73. The number of ether oxygens (including phenoxy) is 1. The molecule has 1 aliphatic carbocycles. The Morgan fingerprint density at radius 3 is 2.68 bits per heavy atom. The zero-order valence-electron chi connectivity index (χ0n) is 14.8. The van der Waals surface area contributed by atoms with Crippen LogP contribution in [0, 0.1) is 46.3 Å². The maximum Gasteiger partial charge on any atom is 0.213 e. The number of carbonyl (C=O) groups is 1. The molecule has 0 aromatic carbocycles. The first-order valence-corrected chi connectivity index (χ1v) is 9.45. The minimum Gasteiger partial charge on any atom is -0.359 e. The van der Waals surface area contributed by atoms with Crippen molar-refractivity contribution in [2.45, 2.75) is 82.8 Å². The molecule has 3 fully saturated rings. The number of hydrogen-bond acceptors (Lipinski definition) is 5. The van der Waals surface area contributed by atoms with Crippen LogP contribution in [0.2, 0.25) is 0 Å². The zero-order chi connectivity index (χ0) is 18.2. The van der Waals surface area contributed by atoms with Crippen molar-refractivity contribution >= 4 is 5.78 Å². The fourth-order valence-electron chi connectivity index (χ4n) is 3.90. The predicted octanol–water partition coefficient (Wildman–Crippen LogP) is 4.03. The number of Topliss-reactive ketones (excluding diaryl/α,β-unsaturated/α-hetero) is 1. The van der Waals surface area contributed by atoms with Gasteiger partial charge in [0.1, 0.15) is 0 Å². The molecule has 3 aliphatic rings. The second-order valence-electron chi connectivity index (χ2n) is 7.22. The van der Waals surface area contributed by atoms with E-state index in [4.69, 9.17) is 10.00 Å². The van der Waals surface area contributed by atoms with Crippen molar-refractivity contribution in [1.29, 1.82) is 5.26 Å². The van der Waals surface area contributed by atoms with Crippen molar-refractivity contribution < 1.29 is 14.5 Å². The van der Waals surface area contributed by atoms with Crippen LogP contribution in [0.3, 0.4) is 0 Å². The molecular weight excluding hydrogens is 320 g/mol. The van der Waals surface area contributed by atoms with E-state index >= 15 is 0 Å². The Labute approximate surface area is 150 Å². The number of nitrogens with zero attached hydrogens (tertiary/aromatic N) is 2. The van der Waals surface area contributed by atoms with Crippen LogP contribution in [-0.2, 0) is 9.53 Å². The van der Waals surface area contributed by atoms with Gasteiger partial charge in [-0.3, -0.25) is 14.9 Å². The van der Waals surface area contributed by atoms with E-state index in [2.05, 4.69) is 13.0 Å². The van der Waals surface area contributed by atoms with Gasteiger partial charge in [0.15, 0.2) is 11.9 Å². The third-order valence-corrected chi connectivity index (χ3v) is 5.42. The summed E-state index contributed by atoms with van der Waals surface area (Å²) < 4.78 is 5.74. The van der Waals surface area contributed by atoms with Crippen molar-refractivity contribution in [1.82, 2.24) is 0 Å². The second-order valence-corrected chi connectivity index (χ2v) is 7.22. The van der Waals surface area contributed by atoms with Crippen molar-refractivity contribution in [3.63, 3.8) is 0 Å². The molecule has 0 aromatic rings. The van der Waals surface area contributed by atoms with E-state index in [0.29, 0.717) is 18.9 Å². The van der Waals surface area contributed by atoms with E-state index in [1.165, 1.54) is 0 Å². The van der Waals surface area contributed by atoms with Gasteiger partial charge in [-0.25, -0.2) is 0 Å². The van der Waals surface area contributed by atoms with Crippen LogP contribution in [0.5, 0.6) is 0 Å². The van der Waals surface area contributed by atoms with Crippen molar-refractivity contribution in [2.24, 2.45) is 11.8 Å². The molecule has 2 heterocycles. The summed E-state index contributed by atoms with van der Waals surface area (Å²) in [5.74, 6) is -0.200. The molecule has 6 nitrogen and oxygen atoms in total. The number of nitriles is 1. The average Bonchev–Trinajstić information content (AvgIpc) is 2.63. The van der Waals surface area contributed by atoms with E-state index < -0.39 is 6.04 Å². The highest BCUT2D eigenvalue weighted by Crippen LogP contribution is 2.45. The standard InChI is InChI=1S/C19H28N2O4/c1-2-3-4-5-6-7-16(21(23)24)9-10-17(22)19-14-8-11-18(25-19)15(12-14)13-20/h14-16,18H,1-12H2. The van der Waals surface area contributed by atoms with Crippen molar-refractivity contribution in [3.8, 4) is 6.07 Å². The number of fused-ring (bicyclic) bond motifs is 3. The Morgan fingerprint density at radius 2 is 2.08 bits per heavy atom. The summed E-state index contributed by atoms with van der Waals surface area (Å²) in [7, 11) is 0. The molecule has 1 saturated carbocycles. The van der Waals surface area contributed by atoms with E-state index in [1.807, 2.05) is 0 Å². The van der Waals surface area contributed by atoms with Gasteiger partial charge in [0.25, 0.3) is 0 Å². The fraction of sp³-hybridized carbons (Fsp3) is 0.789. The maximum atomic E-state index is 12.5. The molecule has 0 amide bonds. The minimum atomic E-state index is -0.656. The summed E-state index contributed by atoms with van der Waals surface area (Å²) in [6, 6.07) is 1.60. The van der Waals surface area contributed by atoms with Crippen LogP contribution in [0.4, 0.5) is 0 Å². The van der Waals surface area contributed by atoms with Gasteiger partial charge < -0.3 is 4.74 Å². The lowest BCUT2D eigenvalue weighted by Gasteiger charge is -2.43. The molecule has 138 valence electrons. The van der Waals surface area contributed by atoms with Gasteiger partial charge in [0, 0.05) is 24.2 Å². The highest BCUT2D eigenvalue weighted by molar-refractivity contribution is 5.90. The first kappa shape index (κ1) is 19.8. The molecule has 2 radical (unpaired) electrons. The third kappa shape index (κ3) is 5.50. The molecule has 3 rings (SSSR count). The highest BCUT2D eigenvalue weighted by Gasteiger charge is 2.46. The van der Waals surface area contributed by atoms with Gasteiger partial charge in [-0.05, 0) is 31.6 Å². The van der Waals surface area contributed by atoms with Crippen LogP contribution in [0.1, 0.15) is 70.6 Å². The smallest absolute Gasteiger partial charge is 0.213 e. The summed E-state index contributed by atoms with van der Waals surface area (Å²) in [5, 5.41) is 20.3. The van der Waals surface area contributed by atoms with Crippen LogP contribution in [-0.4, -0.2) is 22.9 Å². The molecule has 0 spiro atoms. The largest absolute Gasteiger partial charge is 0.359 e. The third-order valence-electron chi connectivity index (χ3n) is 5.42. The Bertz CT molecular complexity index is 502. The quantitative estimate of drug-likeness (QED) is 0.319. The number of nitro groups is 1. The molecule has 0 aromatic heterocycles. The average molecular weight is 348 g/mol. The van der Waals surface area contributed by atoms with E-state index in [9.17, 15) is 14.9 Å². The topological polar surface area (TPSA) is 93.2 Å². The minimum absolute atomic E-state index is 0.0267. The summed E-state index contributed by atoms with van der Waals surface area (Å²) in [5.41, 5.74) is 0. The van der Waals surface area contributed by atoms with Crippen molar-refractivity contribution in [3.05, 3.63) is 23.1 Å². The van der Waals surface area contributed by atoms with Crippen molar-refractivity contribution in [2.75, 3.05) is 0 Å². The Kier molecular flexibility index (Phi) is 7.83. The molecule has 0 N–H and O–H groups in total. The zero-order valence-corrected chi connectivity index (χ0v) is 14.8. The summed E-state index contributed by atoms with van der Waals surface area (Å²) >= 11 is 0. The first-order chi connectivity index (χ1) is 12.1. The fourth-order valence-corrected chi connectivity index (χ4v) is 3.90. The molecule has 4 unspecified atom stereocenters. The molecule has 2 aliphatic heterocycles. The normalized spacial score (nSPS) is 27.0. The molecular formula is C19H28N2O4. The van der Waals surface area contributed by atoms with E-state index in [1.54, 1.807) is 0 Å². The number of unbranched alkanes of at least 4 members (excludes halogenated alkanes) is 4. The monoisotopic (exact) mass is 348 g/mol. The number of hydrogen-bond donors (Lipinski definition) is 0. The molecule has 6 heteroatoms. The lowest BCUT2D eigenvalue weighted by Crippen LogP contribution is -2.44. The Balaban J connectivity index is 1.76. The van der Waals surface area contributed by atoms with Gasteiger partial charge >= 0.3 is 0 Å². The summed E-state index contributed by atoms with van der Waals surface area (Å²) in [4.78, 5) is 23.4. The second kappa shape index (κ2) is 9.86. The van der Waals surface area contributed by atoms with Gasteiger partial charge in [-0.15, -0.1) is 0 Å². The SMILES string of the molecule is [CH2]CCCCCCC(CCC(=O)[C]1OC2CCC1CC2C#N)[N+](=O)[O-]. The van der Waals surface area contributed by atoms with E-state index in [0.717, 1.165) is 44.9 Å². The van der Waals surface area contributed by atoms with Gasteiger partial charge in [0.2, 0.25) is 6.04 Å². The number of carbonyl (C=O) groups excluding carboxylic acids is 1. The van der Waals surface area contributed by atoms with Crippen LogP contribution in [0.25, 0.3) is 0 Å². The summed E-state index contributed by atoms with van der Waals surface area (Å²) in [6.45, 7) is 3.79. The van der Waals surface area contributed by atoms with Crippen LogP contribution < -0.4 is 0 Å².